The maximum absolute atomic E-state index is 12.7. The second-order valence-electron chi connectivity index (χ2n) is 3.33. The van der Waals surface area contributed by atoms with Crippen LogP contribution in [-0.2, 0) is 9.47 Å². The maximum atomic E-state index is 12.7. The van der Waals surface area contributed by atoms with E-state index in [1.165, 1.54) is 0 Å². The van der Waals surface area contributed by atoms with Gasteiger partial charge in [0.25, 0.3) is 0 Å². The summed E-state index contributed by atoms with van der Waals surface area (Å²) < 4.78 is 34.0. The predicted molar refractivity (Wildman–Crippen MR) is 43.9 cm³/mol. The highest BCUT2D eigenvalue weighted by atomic mass is 19.3. The number of hydrogen-bond acceptors (Lipinski definition) is 2. The predicted octanol–water partition coefficient (Wildman–Crippen LogP) is 3.17. The lowest BCUT2D eigenvalue weighted by molar-refractivity contribution is -0.327. The second kappa shape index (κ2) is 3.01. The van der Waals surface area contributed by atoms with E-state index >= 15 is 0 Å². The Morgan fingerprint density at radius 1 is 0.923 bits per heavy atom. The first-order chi connectivity index (χ1) is 5.83. The SMILES string of the molecule is CC(C)=C1OC(F)(F)OC1=C(C)C. The topological polar surface area (TPSA) is 18.5 Å². The molecule has 13 heavy (non-hydrogen) atoms. The van der Waals surface area contributed by atoms with Gasteiger partial charge in [0.2, 0.25) is 0 Å². The minimum atomic E-state index is -3.51. The molecule has 0 aliphatic carbocycles. The van der Waals surface area contributed by atoms with Gasteiger partial charge in [0.05, 0.1) is 0 Å². The zero-order valence-corrected chi connectivity index (χ0v) is 8.07. The van der Waals surface area contributed by atoms with Crippen molar-refractivity contribution in [3.8, 4) is 0 Å². The molecule has 0 N–H and O–H groups in total. The van der Waals surface area contributed by atoms with E-state index < -0.39 is 6.29 Å². The Kier molecular flexibility index (Phi) is 2.32. The van der Waals surface area contributed by atoms with Crippen molar-refractivity contribution in [2.75, 3.05) is 0 Å². The smallest absolute Gasteiger partial charge is 0.395 e. The first-order valence-electron chi connectivity index (χ1n) is 3.94. The number of ether oxygens (including phenoxy) is 2. The quantitative estimate of drug-likeness (QED) is 0.584. The van der Waals surface area contributed by atoms with E-state index in [4.69, 9.17) is 0 Å². The lowest BCUT2D eigenvalue weighted by Crippen LogP contribution is -2.14. The molecule has 0 amide bonds. The van der Waals surface area contributed by atoms with Gasteiger partial charge in [-0.25, -0.2) is 0 Å². The molecule has 0 bridgehead atoms. The summed E-state index contributed by atoms with van der Waals surface area (Å²) >= 11 is 0. The van der Waals surface area contributed by atoms with Crippen LogP contribution in [0, 0.1) is 0 Å². The molecule has 0 aromatic rings. The minimum absolute atomic E-state index is 0.144. The molecule has 74 valence electrons. The van der Waals surface area contributed by atoms with Crippen molar-refractivity contribution in [1.29, 1.82) is 0 Å². The van der Waals surface area contributed by atoms with Gasteiger partial charge in [-0.3, -0.25) is 0 Å². The molecule has 2 nitrogen and oxygen atoms in total. The van der Waals surface area contributed by atoms with E-state index in [0.29, 0.717) is 11.1 Å². The third-order valence-electron chi connectivity index (χ3n) is 1.56. The summed E-state index contributed by atoms with van der Waals surface area (Å²) in [5, 5.41) is 0. The number of rotatable bonds is 0. The van der Waals surface area contributed by atoms with E-state index in [0.717, 1.165) is 0 Å². The van der Waals surface area contributed by atoms with E-state index in [2.05, 4.69) is 9.47 Å². The third kappa shape index (κ3) is 1.99. The van der Waals surface area contributed by atoms with Crippen molar-refractivity contribution in [2.24, 2.45) is 0 Å². The Morgan fingerprint density at radius 2 is 1.23 bits per heavy atom. The van der Waals surface area contributed by atoms with Crippen LogP contribution in [0.25, 0.3) is 0 Å². The fourth-order valence-corrected chi connectivity index (χ4v) is 1.01. The summed E-state index contributed by atoms with van der Waals surface area (Å²) in [6.45, 7) is 6.79. The number of allylic oxidation sites excluding steroid dienone is 2. The van der Waals surface area contributed by atoms with Crippen LogP contribution in [0.1, 0.15) is 27.7 Å². The minimum Gasteiger partial charge on any atom is -0.395 e. The van der Waals surface area contributed by atoms with Crippen molar-refractivity contribution in [3.05, 3.63) is 22.7 Å². The lowest BCUT2D eigenvalue weighted by atomic mass is 10.2. The summed E-state index contributed by atoms with van der Waals surface area (Å²) in [4.78, 5) is 0. The molecule has 0 radical (unpaired) electrons. The molecule has 1 aliphatic heterocycles. The lowest BCUT2D eigenvalue weighted by Gasteiger charge is -2.03. The standard InChI is InChI=1S/C9H12F2O2/c1-5(2)7-8(6(3)4)13-9(10,11)12-7/h1-4H3. The van der Waals surface area contributed by atoms with Gasteiger partial charge in [-0.05, 0) is 38.8 Å². The van der Waals surface area contributed by atoms with Crippen LogP contribution in [0.2, 0.25) is 0 Å². The largest absolute Gasteiger partial charge is 0.586 e. The molecule has 1 heterocycles. The van der Waals surface area contributed by atoms with Crippen molar-refractivity contribution in [3.63, 3.8) is 0 Å². The van der Waals surface area contributed by atoms with E-state index in [1.54, 1.807) is 27.7 Å². The van der Waals surface area contributed by atoms with E-state index in [-0.39, 0.29) is 11.5 Å². The Balaban J connectivity index is 3.14. The van der Waals surface area contributed by atoms with E-state index in [1.807, 2.05) is 0 Å². The van der Waals surface area contributed by atoms with Gasteiger partial charge < -0.3 is 9.47 Å². The van der Waals surface area contributed by atoms with Gasteiger partial charge in [-0.2, -0.15) is 0 Å². The first-order valence-corrected chi connectivity index (χ1v) is 3.94. The molecule has 0 saturated carbocycles. The van der Waals surface area contributed by atoms with Gasteiger partial charge in [0, 0.05) is 0 Å². The molecule has 0 aromatic heterocycles. The summed E-state index contributed by atoms with van der Waals surface area (Å²) in [6.07, 6.45) is -3.51. The summed E-state index contributed by atoms with van der Waals surface area (Å²) in [5.74, 6) is 0.287. The van der Waals surface area contributed by atoms with Gasteiger partial charge in [0.15, 0.2) is 11.5 Å². The number of halogens is 2. The molecule has 1 aliphatic rings. The molecular formula is C9H12F2O2. The fraction of sp³-hybridized carbons (Fsp3) is 0.556. The Hall–Kier alpha value is -1.06. The number of alkyl halides is 2. The maximum Gasteiger partial charge on any atom is 0.586 e. The van der Waals surface area contributed by atoms with Crippen LogP contribution in [-0.4, -0.2) is 6.29 Å². The van der Waals surface area contributed by atoms with Crippen LogP contribution in [0.3, 0.4) is 0 Å². The molecule has 0 aromatic carbocycles. The normalized spacial score (nSPS) is 19.5. The third-order valence-corrected chi connectivity index (χ3v) is 1.56. The molecule has 0 spiro atoms. The highest BCUT2D eigenvalue weighted by molar-refractivity contribution is 5.30. The van der Waals surface area contributed by atoms with Crippen LogP contribution >= 0.6 is 0 Å². The Labute approximate surface area is 75.8 Å². The molecule has 4 heteroatoms. The number of hydrogen-bond donors (Lipinski definition) is 0. The molecule has 1 rings (SSSR count). The van der Waals surface area contributed by atoms with Crippen molar-refractivity contribution < 1.29 is 18.3 Å². The van der Waals surface area contributed by atoms with Crippen molar-refractivity contribution in [1.82, 2.24) is 0 Å². The van der Waals surface area contributed by atoms with Gasteiger partial charge in [-0.15, -0.1) is 8.78 Å². The zero-order chi connectivity index (χ0) is 10.2. The van der Waals surface area contributed by atoms with Crippen LogP contribution in [0.4, 0.5) is 8.78 Å². The Bertz CT molecular complexity index is 254. The molecule has 1 fully saturated rings. The van der Waals surface area contributed by atoms with Gasteiger partial charge in [0.1, 0.15) is 0 Å². The average Bonchev–Trinajstić information content (AvgIpc) is 2.26. The molecule has 0 unspecified atom stereocenters. The fourth-order valence-electron chi connectivity index (χ4n) is 1.01. The highest BCUT2D eigenvalue weighted by Gasteiger charge is 2.46. The van der Waals surface area contributed by atoms with Gasteiger partial charge >= 0.3 is 6.29 Å². The molecular weight excluding hydrogens is 178 g/mol. The van der Waals surface area contributed by atoms with Crippen LogP contribution in [0.5, 0.6) is 0 Å². The summed E-state index contributed by atoms with van der Waals surface area (Å²) in [5.41, 5.74) is 1.35. The van der Waals surface area contributed by atoms with Crippen molar-refractivity contribution >= 4 is 0 Å². The van der Waals surface area contributed by atoms with Crippen LogP contribution in [0.15, 0.2) is 22.7 Å². The van der Waals surface area contributed by atoms with Crippen LogP contribution < -0.4 is 0 Å². The van der Waals surface area contributed by atoms with Gasteiger partial charge in [-0.1, -0.05) is 0 Å². The van der Waals surface area contributed by atoms with E-state index in [9.17, 15) is 8.78 Å². The summed E-state index contributed by atoms with van der Waals surface area (Å²) in [6, 6.07) is 0. The first kappa shape index (κ1) is 10.0. The molecule has 1 saturated heterocycles. The van der Waals surface area contributed by atoms with Crippen molar-refractivity contribution in [2.45, 2.75) is 34.0 Å². The summed E-state index contributed by atoms with van der Waals surface area (Å²) in [7, 11) is 0. The monoisotopic (exact) mass is 190 g/mol. The highest BCUT2D eigenvalue weighted by Crippen LogP contribution is 2.39. The second-order valence-corrected chi connectivity index (χ2v) is 3.33. The molecule has 0 atom stereocenters. The zero-order valence-electron chi connectivity index (χ0n) is 8.07. The Morgan fingerprint density at radius 3 is 1.46 bits per heavy atom. The average molecular weight is 190 g/mol.